The van der Waals surface area contributed by atoms with Crippen molar-refractivity contribution in [2.24, 2.45) is 0 Å². The van der Waals surface area contributed by atoms with E-state index in [4.69, 9.17) is 11.6 Å². The summed E-state index contributed by atoms with van der Waals surface area (Å²) < 4.78 is 3.61. The van der Waals surface area contributed by atoms with Crippen LogP contribution in [-0.4, -0.2) is 19.1 Å². The van der Waals surface area contributed by atoms with Crippen molar-refractivity contribution in [2.45, 2.75) is 25.4 Å². The number of nitrogens with zero attached hydrogens (tertiary/aromatic N) is 4. The molecule has 0 saturated carbocycles. The number of benzene rings is 1. The van der Waals surface area contributed by atoms with E-state index < -0.39 is 0 Å². The quantitative estimate of drug-likeness (QED) is 0.696. The van der Waals surface area contributed by atoms with Crippen LogP contribution in [0.1, 0.15) is 18.8 Å². The number of fused-ring (bicyclic) bond motifs is 1. The summed E-state index contributed by atoms with van der Waals surface area (Å²) in [5.74, 6) is 0.793. The summed E-state index contributed by atoms with van der Waals surface area (Å²) in [6.45, 7) is 2.62. The molecule has 1 unspecified atom stereocenters. The molecule has 2 heterocycles. The van der Waals surface area contributed by atoms with Gasteiger partial charge in [-0.05, 0) is 19.1 Å². The fraction of sp³-hybridized carbons (Fsp3) is 0.267. The molecule has 0 fully saturated rings. The molecule has 6 heteroatoms. The lowest BCUT2D eigenvalue weighted by Gasteiger charge is -2.19. The largest absolute Gasteiger partial charge is 0.335 e. The van der Waals surface area contributed by atoms with Crippen LogP contribution >= 0.6 is 11.6 Å². The maximum Gasteiger partial charge on any atom is 0.261 e. The number of para-hydroxylation sites is 1. The Labute approximate surface area is 126 Å². The lowest BCUT2D eigenvalue weighted by molar-refractivity contribution is 0.439. The number of rotatable bonds is 4. The summed E-state index contributed by atoms with van der Waals surface area (Å²) in [5, 5.41) is 0.615. The van der Waals surface area contributed by atoms with Crippen molar-refractivity contribution in [2.75, 3.05) is 0 Å². The molecular formula is C15H15ClN4O. The molecule has 0 amide bonds. The average Bonchev–Trinajstić information content (AvgIpc) is 2.99. The van der Waals surface area contributed by atoms with Crippen molar-refractivity contribution in [3.8, 4) is 0 Å². The fourth-order valence-corrected chi connectivity index (χ4v) is 2.71. The van der Waals surface area contributed by atoms with Crippen LogP contribution in [0, 0.1) is 0 Å². The molecule has 0 spiro atoms. The fourth-order valence-electron chi connectivity index (χ4n) is 2.52. The minimum absolute atomic E-state index is 0.0520. The molecule has 0 N–H and O–H groups in total. The molecule has 3 rings (SSSR count). The van der Waals surface area contributed by atoms with Gasteiger partial charge in [-0.15, -0.1) is 11.6 Å². The molecule has 2 aromatic heterocycles. The van der Waals surface area contributed by atoms with Crippen molar-refractivity contribution < 1.29 is 0 Å². The third-order valence-corrected chi connectivity index (χ3v) is 3.71. The van der Waals surface area contributed by atoms with Crippen LogP contribution in [0.25, 0.3) is 10.9 Å². The number of imidazole rings is 1. The average molecular weight is 303 g/mol. The number of hydrogen-bond donors (Lipinski definition) is 0. The van der Waals surface area contributed by atoms with Crippen molar-refractivity contribution in [1.82, 2.24) is 19.1 Å². The number of aromatic nitrogens is 4. The predicted molar refractivity (Wildman–Crippen MR) is 82.5 cm³/mol. The summed E-state index contributed by atoms with van der Waals surface area (Å²) in [5.41, 5.74) is 0.632. The highest BCUT2D eigenvalue weighted by Crippen LogP contribution is 2.15. The zero-order valence-electron chi connectivity index (χ0n) is 11.6. The minimum atomic E-state index is -0.0578. The van der Waals surface area contributed by atoms with Gasteiger partial charge in [-0.25, -0.2) is 9.97 Å². The van der Waals surface area contributed by atoms with E-state index in [2.05, 4.69) is 9.97 Å². The molecule has 0 bridgehead atoms. The molecule has 1 atom stereocenters. The Balaban J connectivity index is 2.12. The Morgan fingerprint density at radius 3 is 2.86 bits per heavy atom. The second-order valence-electron chi connectivity index (χ2n) is 4.96. The lowest BCUT2D eigenvalue weighted by atomic mass is 10.2. The van der Waals surface area contributed by atoms with Gasteiger partial charge in [-0.3, -0.25) is 9.36 Å². The minimum Gasteiger partial charge on any atom is -0.335 e. The maximum atomic E-state index is 12.7. The van der Waals surface area contributed by atoms with Crippen molar-refractivity contribution in [3.63, 3.8) is 0 Å². The zero-order chi connectivity index (χ0) is 14.8. The van der Waals surface area contributed by atoms with E-state index in [9.17, 15) is 4.79 Å². The zero-order valence-corrected chi connectivity index (χ0v) is 12.4. The van der Waals surface area contributed by atoms with Crippen LogP contribution in [0.2, 0.25) is 0 Å². The van der Waals surface area contributed by atoms with Crippen LogP contribution < -0.4 is 5.56 Å². The summed E-state index contributed by atoms with van der Waals surface area (Å²) >= 11 is 5.99. The Morgan fingerprint density at radius 2 is 2.14 bits per heavy atom. The van der Waals surface area contributed by atoms with Crippen LogP contribution in [0.4, 0.5) is 0 Å². The Kier molecular flexibility index (Phi) is 3.75. The Bertz CT molecular complexity index is 810. The summed E-state index contributed by atoms with van der Waals surface area (Å²) in [6.07, 6.45) is 5.32. The molecule has 0 radical (unpaired) electrons. The number of halogens is 1. The summed E-state index contributed by atoms with van der Waals surface area (Å²) in [7, 11) is 0. The van der Waals surface area contributed by atoms with Gasteiger partial charge in [0.2, 0.25) is 0 Å². The van der Waals surface area contributed by atoms with Crippen molar-refractivity contribution >= 4 is 22.5 Å². The first-order valence-electron chi connectivity index (χ1n) is 6.72. The smallest absolute Gasteiger partial charge is 0.261 e. The highest BCUT2D eigenvalue weighted by atomic mass is 35.5. The highest BCUT2D eigenvalue weighted by molar-refractivity contribution is 6.16. The highest BCUT2D eigenvalue weighted by Gasteiger charge is 2.15. The van der Waals surface area contributed by atoms with Gasteiger partial charge in [0, 0.05) is 18.9 Å². The van der Waals surface area contributed by atoms with Crippen molar-refractivity contribution in [3.05, 3.63) is 59.2 Å². The van der Waals surface area contributed by atoms with Crippen LogP contribution in [0.3, 0.4) is 0 Å². The summed E-state index contributed by atoms with van der Waals surface area (Å²) in [4.78, 5) is 21.2. The van der Waals surface area contributed by atoms with E-state index in [-0.39, 0.29) is 17.5 Å². The molecule has 5 nitrogen and oxygen atoms in total. The molecule has 3 aromatic rings. The van der Waals surface area contributed by atoms with E-state index >= 15 is 0 Å². The van der Waals surface area contributed by atoms with Gasteiger partial charge >= 0.3 is 0 Å². The SMILES string of the molecule is CC(Cn1ccnc1)n1c(CCl)nc2ccccc2c1=O. The second kappa shape index (κ2) is 5.69. The van der Waals surface area contributed by atoms with Crippen molar-refractivity contribution in [1.29, 1.82) is 0 Å². The third-order valence-electron chi connectivity index (χ3n) is 3.48. The van der Waals surface area contributed by atoms with E-state index in [1.807, 2.05) is 35.9 Å². The van der Waals surface area contributed by atoms with E-state index in [0.717, 1.165) is 0 Å². The molecule has 0 saturated heterocycles. The van der Waals surface area contributed by atoms with E-state index in [1.54, 1.807) is 23.2 Å². The lowest BCUT2D eigenvalue weighted by Crippen LogP contribution is -2.29. The van der Waals surface area contributed by atoms with Crippen LogP contribution in [0.5, 0.6) is 0 Å². The maximum absolute atomic E-state index is 12.7. The van der Waals surface area contributed by atoms with Crippen LogP contribution in [-0.2, 0) is 12.4 Å². The van der Waals surface area contributed by atoms with Gasteiger partial charge in [0.15, 0.2) is 0 Å². The third kappa shape index (κ3) is 2.56. The molecule has 0 aliphatic heterocycles. The van der Waals surface area contributed by atoms with Gasteiger partial charge in [-0.2, -0.15) is 0 Å². The molecule has 0 aliphatic rings. The molecular weight excluding hydrogens is 288 g/mol. The monoisotopic (exact) mass is 302 g/mol. The normalized spacial score (nSPS) is 12.7. The van der Waals surface area contributed by atoms with Crippen LogP contribution in [0.15, 0.2) is 47.8 Å². The Hall–Kier alpha value is -2.14. The number of hydrogen-bond acceptors (Lipinski definition) is 3. The van der Waals surface area contributed by atoms with Gasteiger partial charge in [0.1, 0.15) is 5.82 Å². The number of alkyl halides is 1. The van der Waals surface area contributed by atoms with Gasteiger partial charge in [0.25, 0.3) is 5.56 Å². The molecule has 108 valence electrons. The van der Waals surface area contributed by atoms with E-state index in [1.165, 1.54) is 0 Å². The first kappa shape index (κ1) is 13.8. The standard InChI is InChI=1S/C15H15ClN4O/c1-11(9-19-7-6-17-10-19)20-14(8-16)18-13-5-3-2-4-12(13)15(20)21/h2-7,10-11H,8-9H2,1H3. The predicted octanol–water partition coefficient (Wildman–Crippen LogP) is 2.59. The molecule has 21 heavy (non-hydrogen) atoms. The summed E-state index contributed by atoms with van der Waals surface area (Å²) in [6, 6.07) is 7.28. The Morgan fingerprint density at radius 1 is 1.33 bits per heavy atom. The first-order chi connectivity index (χ1) is 10.2. The van der Waals surface area contributed by atoms with Gasteiger partial charge in [-0.1, -0.05) is 12.1 Å². The molecule has 1 aromatic carbocycles. The van der Waals surface area contributed by atoms with Gasteiger partial charge in [0.05, 0.1) is 29.2 Å². The van der Waals surface area contributed by atoms with E-state index in [0.29, 0.717) is 23.3 Å². The van der Waals surface area contributed by atoms with Gasteiger partial charge < -0.3 is 4.57 Å². The first-order valence-corrected chi connectivity index (χ1v) is 7.26. The molecule has 0 aliphatic carbocycles. The topological polar surface area (TPSA) is 52.7 Å². The second-order valence-corrected chi connectivity index (χ2v) is 5.23.